The number of thioether (sulfide) groups is 1. The molecule has 1 aliphatic rings. The van der Waals surface area contributed by atoms with Gasteiger partial charge in [0, 0.05) is 5.56 Å². The lowest BCUT2D eigenvalue weighted by molar-refractivity contribution is -0.149. The second-order valence-corrected chi connectivity index (χ2v) is 10.0. The van der Waals surface area contributed by atoms with Gasteiger partial charge in [-0.1, -0.05) is 80.5 Å². The van der Waals surface area contributed by atoms with Crippen molar-refractivity contribution < 1.29 is 23.0 Å². The molecule has 1 saturated carbocycles. The Labute approximate surface area is 201 Å². The number of carbonyl (C=O) groups is 1. The maximum atomic E-state index is 14.1. The van der Waals surface area contributed by atoms with E-state index >= 15 is 0 Å². The summed E-state index contributed by atoms with van der Waals surface area (Å²) in [5, 5.41) is 5.81. The fourth-order valence-electron chi connectivity index (χ4n) is 3.67. The van der Waals surface area contributed by atoms with Crippen molar-refractivity contribution in [3.63, 3.8) is 0 Å². The fraction of sp³-hybridized carbons (Fsp3) is 0.360. The lowest BCUT2D eigenvalue weighted by Gasteiger charge is -2.14. The molecular weight excluding hydrogens is 468 g/mol. The van der Waals surface area contributed by atoms with Gasteiger partial charge in [-0.15, -0.1) is 0 Å². The maximum absolute atomic E-state index is 14.1. The topological polar surface area (TPSA) is 59.3 Å². The molecule has 174 valence electrons. The Kier molecular flexibility index (Phi) is 7.71. The van der Waals surface area contributed by atoms with Crippen LogP contribution in [-0.4, -0.2) is 17.0 Å². The highest BCUT2D eigenvalue weighted by Gasteiger charge is 2.62. The number of allylic oxidation sites excluding steroid dienone is 1. The zero-order chi connectivity index (χ0) is 24.2. The number of carbonyl (C=O) groups excluding carboxylic acids is 1. The lowest BCUT2D eigenvalue weighted by Crippen LogP contribution is -2.15. The third-order valence-corrected chi connectivity index (χ3v) is 6.93. The fourth-order valence-corrected chi connectivity index (χ4v) is 4.54. The number of hydrogen-bond donors (Lipinski definition) is 0. The minimum Gasteiger partial charge on any atom is -0.457 e. The first-order valence-electron chi connectivity index (χ1n) is 10.4. The number of nitriles is 1. The van der Waals surface area contributed by atoms with Crippen LogP contribution in [-0.2, 0) is 9.53 Å². The average molecular weight is 492 g/mol. The van der Waals surface area contributed by atoms with Gasteiger partial charge in [0.25, 0.3) is 0 Å². The van der Waals surface area contributed by atoms with Gasteiger partial charge in [-0.2, -0.15) is 14.0 Å². The van der Waals surface area contributed by atoms with Crippen LogP contribution in [0.4, 0.5) is 8.78 Å². The zero-order valence-corrected chi connectivity index (χ0v) is 20.0. The molecule has 3 unspecified atom stereocenters. The smallest absolute Gasteiger partial charge is 0.329 e. The first-order valence-corrected chi connectivity index (χ1v) is 11.8. The van der Waals surface area contributed by atoms with Crippen LogP contribution < -0.4 is 4.74 Å². The molecule has 3 atom stereocenters. The van der Waals surface area contributed by atoms with E-state index in [-0.39, 0.29) is 5.75 Å². The molecule has 4 nitrogen and oxygen atoms in total. The van der Waals surface area contributed by atoms with E-state index in [0.29, 0.717) is 28.8 Å². The molecule has 0 radical (unpaired) electrons. The van der Waals surface area contributed by atoms with Crippen LogP contribution in [0.5, 0.6) is 11.5 Å². The van der Waals surface area contributed by atoms with Gasteiger partial charge in [0.05, 0.1) is 11.0 Å². The van der Waals surface area contributed by atoms with E-state index in [4.69, 9.17) is 21.1 Å². The molecule has 0 spiro atoms. The molecule has 0 aliphatic heterocycles. The summed E-state index contributed by atoms with van der Waals surface area (Å²) < 4.78 is 39.4. The number of nitrogens with zero attached hydrogens (tertiary/aromatic N) is 1. The molecule has 0 heterocycles. The average Bonchev–Trinajstić information content (AvgIpc) is 3.32. The van der Waals surface area contributed by atoms with Crippen molar-refractivity contribution in [2.45, 2.75) is 32.1 Å². The maximum Gasteiger partial charge on any atom is 0.329 e. The van der Waals surface area contributed by atoms with Crippen molar-refractivity contribution in [1.82, 2.24) is 0 Å². The predicted molar refractivity (Wildman–Crippen MR) is 125 cm³/mol. The van der Waals surface area contributed by atoms with Crippen LogP contribution in [0.2, 0.25) is 0 Å². The van der Waals surface area contributed by atoms with Crippen LogP contribution in [0.15, 0.2) is 65.7 Å². The van der Waals surface area contributed by atoms with Gasteiger partial charge in [0.2, 0.25) is 6.10 Å². The second kappa shape index (κ2) is 10.1. The normalized spacial score (nSPS) is 20.5. The van der Waals surface area contributed by atoms with E-state index in [1.807, 2.05) is 24.3 Å². The number of alkyl halides is 2. The Morgan fingerprint density at radius 2 is 1.91 bits per heavy atom. The Bertz CT molecular complexity index is 1070. The molecule has 0 amide bonds. The number of benzene rings is 2. The summed E-state index contributed by atoms with van der Waals surface area (Å²) >= 11 is 6.30. The van der Waals surface area contributed by atoms with Gasteiger partial charge in [-0.3, -0.25) is 4.79 Å². The summed E-state index contributed by atoms with van der Waals surface area (Å²) in [7, 11) is 0. The molecule has 3 rings (SSSR count). The van der Waals surface area contributed by atoms with E-state index in [9.17, 15) is 18.8 Å². The molecule has 1 fully saturated rings. The van der Waals surface area contributed by atoms with E-state index in [1.54, 1.807) is 57.2 Å². The second-order valence-electron chi connectivity index (χ2n) is 8.22. The molecule has 0 bridgehead atoms. The minimum atomic E-state index is -3.21. The van der Waals surface area contributed by atoms with Crippen LogP contribution in [0.1, 0.15) is 32.4 Å². The van der Waals surface area contributed by atoms with Gasteiger partial charge < -0.3 is 9.47 Å². The van der Waals surface area contributed by atoms with E-state index in [0.717, 1.165) is 0 Å². The van der Waals surface area contributed by atoms with E-state index in [1.165, 1.54) is 6.08 Å². The molecule has 1 aliphatic carbocycles. The summed E-state index contributed by atoms with van der Waals surface area (Å²) in [5.41, 5.74) is -0.156. The van der Waals surface area contributed by atoms with Crippen molar-refractivity contribution in [2.75, 3.05) is 5.75 Å². The standard InChI is InChI=1S/C25H24ClF2NO3S/c1-4-33-25(27,28)21(26)14-19-22(24(19,2)3)23(30)32-20(15-29)16-9-8-12-18(13-16)31-17-10-6-5-7-11-17/h5-14,19-20,22H,4H2,1-3H3. The number of rotatable bonds is 9. The van der Waals surface area contributed by atoms with Crippen LogP contribution >= 0.6 is 23.4 Å². The van der Waals surface area contributed by atoms with Crippen molar-refractivity contribution in [3.05, 3.63) is 71.3 Å². The zero-order valence-electron chi connectivity index (χ0n) is 18.4. The van der Waals surface area contributed by atoms with Gasteiger partial charge >= 0.3 is 11.2 Å². The molecule has 2 aromatic carbocycles. The summed E-state index contributed by atoms with van der Waals surface area (Å²) in [5.74, 6) is -0.484. The van der Waals surface area contributed by atoms with Crippen LogP contribution in [0.3, 0.4) is 0 Å². The Morgan fingerprint density at radius 3 is 2.55 bits per heavy atom. The summed E-state index contributed by atoms with van der Waals surface area (Å²) in [6, 6.07) is 17.8. The quantitative estimate of drug-likeness (QED) is 0.344. The number of hydrogen-bond acceptors (Lipinski definition) is 5. The Balaban J connectivity index is 1.71. The molecule has 0 aromatic heterocycles. The van der Waals surface area contributed by atoms with Crippen molar-refractivity contribution in [2.24, 2.45) is 17.3 Å². The minimum absolute atomic E-state index is 0.202. The lowest BCUT2D eigenvalue weighted by atomic mass is 10.1. The third-order valence-electron chi connectivity index (χ3n) is 5.59. The largest absolute Gasteiger partial charge is 0.457 e. The number of para-hydroxylation sites is 1. The van der Waals surface area contributed by atoms with Crippen LogP contribution in [0, 0.1) is 28.6 Å². The third kappa shape index (κ3) is 5.87. The van der Waals surface area contributed by atoms with Gasteiger partial charge in [-0.25, -0.2) is 0 Å². The SMILES string of the molecule is CCSC(F)(F)C(Cl)=CC1C(C(=O)OC(C#N)c2cccc(Oc3ccccc3)c2)C1(C)C. The number of esters is 1. The van der Waals surface area contributed by atoms with Gasteiger partial charge in [0.15, 0.2) is 0 Å². The Hall–Kier alpha value is -2.56. The molecule has 0 N–H and O–H groups in total. The number of halogens is 3. The molecule has 2 aromatic rings. The highest BCUT2D eigenvalue weighted by molar-refractivity contribution is 8.00. The highest BCUT2D eigenvalue weighted by Crippen LogP contribution is 2.61. The van der Waals surface area contributed by atoms with Gasteiger partial charge in [-0.05, 0) is 41.4 Å². The molecular formula is C25H24ClF2NO3S. The predicted octanol–water partition coefficient (Wildman–Crippen LogP) is 7.33. The highest BCUT2D eigenvalue weighted by atomic mass is 35.5. The first-order chi connectivity index (χ1) is 15.6. The van der Waals surface area contributed by atoms with Crippen molar-refractivity contribution in [1.29, 1.82) is 5.26 Å². The first kappa shape index (κ1) is 25.1. The van der Waals surface area contributed by atoms with Crippen molar-refractivity contribution >= 4 is 29.3 Å². The van der Waals surface area contributed by atoms with E-state index < -0.39 is 39.6 Å². The summed E-state index contributed by atoms with van der Waals surface area (Å²) in [6.07, 6.45) is 0.0803. The number of ether oxygens (including phenoxy) is 2. The van der Waals surface area contributed by atoms with Gasteiger partial charge in [0.1, 0.15) is 17.6 Å². The Morgan fingerprint density at radius 1 is 1.24 bits per heavy atom. The van der Waals surface area contributed by atoms with Crippen LogP contribution in [0.25, 0.3) is 0 Å². The van der Waals surface area contributed by atoms with E-state index in [2.05, 4.69) is 0 Å². The summed E-state index contributed by atoms with van der Waals surface area (Å²) in [4.78, 5) is 12.8. The molecule has 0 saturated heterocycles. The molecule has 8 heteroatoms. The molecule has 33 heavy (non-hydrogen) atoms. The monoisotopic (exact) mass is 491 g/mol. The summed E-state index contributed by atoms with van der Waals surface area (Å²) in [6.45, 7) is 5.18. The van der Waals surface area contributed by atoms with Crippen molar-refractivity contribution in [3.8, 4) is 17.6 Å².